The largest absolute Gasteiger partial charge is 0.497 e. The van der Waals surface area contributed by atoms with Crippen molar-refractivity contribution in [2.24, 2.45) is 0 Å². The molecule has 30 heavy (non-hydrogen) atoms. The maximum absolute atomic E-state index is 13.2. The maximum atomic E-state index is 13.2. The normalized spacial score (nSPS) is 15.3. The minimum Gasteiger partial charge on any atom is -0.497 e. The van der Waals surface area contributed by atoms with E-state index in [4.69, 9.17) is 21.7 Å². The molecule has 0 aliphatic carbocycles. The van der Waals surface area contributed by atoms with Crippen LogP contribution in [0.5, 0.6) is 17.4 Å². The third-order valence-corrected chi connectivity index (χ3v) is 5.85. The van der Waals surface area contributed by atoms with Gasteiger partial charge in [-0.2, -0.15) is 4.98 Å². The average molecular weight is 440 g/mol. The summed E-state index contributed by atoms with van der Waals surface area (Å²) in [6, 6.07) is 12.2. The number of hydrogen-bond acceptors (Lipinski definition) is 7. The molecule has 0 saturated carbocycles. The number of likely N-dealkylation sites (N-methyl/N-ethyl adjacent to an activating group) is 1. The van der Waals surface area contributed by atoms with Gasteiger partial charge in [0.1, 0.15) is 27.0 Å². The van der Waals surface area contributed by atoms with Crippen molar-refractivity contribution in [1.82, 2.24) is 14.3 Å². The zero-order valence-corrected chi connectivity index (χ0v) is 17.8. The number of methoxy groups -OCH3 is 1. The highest BCUT2D eigenvalue weighted by Crippen LogP contribution is 2.34. The lowest BCUT2D eigenvalue weighted by molar-refractivity contribution is -0.121. The Hall–Kier alpha value is -3.17. The van der Waals surface area contributed by atoms with Crippen LogP contribution in [0.4, 0.5) is 0 Å². The number of carbonyl (C=O) groups excluding carboxylic acids is 1. The van der Waals surface area contributed by atoms with E-state index >= 15 is 0 Å². The summed E-state index contributed by atoms with van der Waals surface area (Å²) in [7, 11) is 1.58. The van der Waals surface area contributed by atoms with Crippen molar-refractivity contribution in [3.8, 4) is 17.4 Å². The molecule has 0 unspecified atom stereocenters. The van der Waals surface area contributed by atoms with Crippen molar-refractivity contribution >= 4 is 45.9 Å². The molecule has 1 aliphatic rings. The minimum atomic E-state index is -0.342. The highest BCUT2D eigenvalue weighted by atomic mass is 32.2. The van der Waals surface area contributed by atoms with E-state index in [2.05, 4.69) is 4.98 Å². The number of rotatable bonds is 5. The summed E-state index contributed by atoms with van der Waals surface area (Å²) in [6.45, 7) is 2.31. The van der Waals surface area contributed by atoms with E-state index in [1.807, 2.05) is 6.92 Å². The number of fused-ring (bicyclic) bond motifs is 1. The number of amides is 1. The highest BCUT2D eigenvalue weighted by molar-refractivity contribution is 8.26. The third kappa shape index (κ3) is 3.69. The molecule has 1 aliphatic heterocycles. The predicted octanol–water partition coefficient (Wildman–Crippen LogP) is 3.72. The first-order valence-corrected chi connectivity index (χ1v) is 10.3. The Labute approximate surface area is 181 Å². The van der Waals surface area contributed by atoms with Crippen LogP contribution in [0.25, 0.3) is 11.7 Å². The van der Waals surface area contributed by atoms with Crippen LogP contribution in [0.3, 0.4) is 0 Å². The van der Waals surface area contributed by atoms with E-state index in [0.29, 0.717) is 32.9 Å². The van der Waals surface area contributed by atoms with Crippen LogP contribution in [-0.2, 0) is 4.79 Å². The fraction of sp³-hybridized carbons (Fsp3) is 0.143. The van der Waals surface area contributed by atoms with E-state index in [1.54, 1.807) is 55.8 Å². The summed E-state index contributed by atoms with van der Waals surface area (Å²) < 4.78 is 13.0. The zero-order valence-electron chi connectivity index (χ0n) is 16.2. The lowest BCUT2D eigenvalue weighted by atomic mass is 10.2. The molecule has 0 spiro atoms. The third-order valence-electron chi connectivity index (χ3n) is 4.47. The van der Waals surface area contributed by atoms with Crippen molar-refractivity contribution in [2.45, 2.75) is 6.92 Å². The Kier molecular flexibility index (Phi) is 5.56. The summed E-state index contributed by atoms with van der Waals surface area (Å²) in [5, 5.41) is 0. The first kappa shape index (κ1) is 20.1. The lowest BCUT2D eigenvalue weighted by Gasteiger charge is -2.11. The summed E-state index contributed by atoms with van der Waals surface area (Å²) in [6.07, 6.45) is 3.12. The number of pyridine rings is 1. The van der Waals surface area contributed by atoms with Gasteiger partial charge in [-0.05, 0) is 49.4 Å². The number of carbonyl (C=O) groups is 1. The summed E-state index contributed by atoms with van der Waals surface area (Å²) in [5.41, 5.74) is 0.265. The van der Waals surface area contributed by atoms with E-state index < -0.39 is 0 Å². The van der Waals surface area contributed by atoms with Gasteiger partial charge in [0.15, 0.2) is 0 Å². The Balaban J connectivity index is 1.84. The molecular formula is C21H17N3O4S2. The monoisotopic (exact) mass is 439 g/mol. The van der Waals surface area contributed by atoms with Crippen LogP contribution in [0.1, 0.15) is 12.5 Å². The molecule has 2 aromatic heterocycles. The second-order valence-electron chi connectivity index (χ2n) is 6.27. The van der Waals surface area contributed by atoms with Crippen molar-refractivity contribution < 1.29 is 14.3 Å². The predicted molar refractivity (Wildman–Crippen MR) is 120 cm³/mol. The second kappa shape index (κ2) is 8.29. The first-order chi connectivity index (χ1) is 14.5. The van der Waals surface area contributed by atoms with Gasteiger partial charge in [-0.15, -0.1) is 0 Å². The molecule has 1 amide bonds. The van der Waals surface area contributed by atoms with Gasteiger partial charge in [-0.3, -0.25) is 18.9 Å². The van der Waals surface area contributed by atoms with Gasteiger partial charge in [0.05, 0.1) is 12.0 Å². The van der Waals surface area contributed by atoms with Crippen LogP contribution in [0.2, 0.25) is 0 Å². The molecular weight excluding hydrogens is 422 g/mol. The van der Waals surface area contributed by atoms with Gasteiger partial charge in [0, 0.05) is 12.7 Å². The molecule has 0 N–H and O–H groups in total. The van der Waals surface area contributed by atoms with E-state index in [1.165, 1.54) is 15.4 Å². The molecule has 9 heteroatoms. The topological polar surface area (TPSA) is 73.1 Å². The summed E-state index contributed by atoms with van der Waals surface area (Å²) >= 11 is 6.42. The van der Waals surface area contributed by atoms with E-state index in [-0.39, 0.29) is 22.9 Å². The lowest BCUT2D eigenvalue weighted by Crippen LogP contribution is -2.27. The minimum absolute atomic E-state index is 0.109. The molecule has 3 heterocycles. The van der Waals surface area contributed by atoms with Crippen molar-refractivity contribution in [1.29, 1.82) is 0 Å². The zero-order chi connectivity index (χ0) is 21.3. The van der Waals surface area contributed by atoms with Crippen LogP contribution >= 0.6 is 24.0 Å². The average Bonchev–Trinajstić information content (AvgIpc) is 3.03. The van der Waals surface area contributed by atoms with Gasteiger partial charge in [-0.25, -0.2) is 0 Å². The van der Waals surface area contributed by atoms with Crippen molar-refractivity contribution in [2.75, 3.05) is 13.7 Å². The smallest absolute Gasteiger partial charge is 0.269 e. The van der Waals surface area contributed by atoms with E-state index in [9.17, 15) is 9.59 Å². The fourth-order valence-electron chi connectivity index (χ4n) is 2.94. The number of nitrogens with zero attached hydrogens (tertiary/aromatic N) is 3. The van der Waals surface area contributed by atoms with Crippen LogP contribution < -0.4 is 15.0 Å². The fourth-order valence-corrected chi connectivity index (χ4v) is 4.31. The first-order valence-electron chi connectivity index (χ1n) is 9.10. The number of benzene rings is 1. The quantitative estimate of drug-likeness (QED) is 0.443. The molecule has 152 valence electrons. The standard InChI is InChI=1S/C21H17N3O4S2/c1-3-23-20(26)16(30-21(23)29)12-15-18(28-14-9-7-13(27-2)8-10-14)22-17-6-4-5-11-24(17)19(15)25/h4-12H,3H2,1-2H3/b16-12-. The van der Waals surface area contributed by atoms with Crippen molar-refractivity contribution in [3.63, 3.8) is 0 Å². The molecule has 7 nitrogen and oxygen atoms in total. The van der Waals surface area contributed by atoms with Crippen LogP contribution in [-0.4, -0.2) is 38.2 Å². The van der Waals surface area contributed by atoms with E-state index in [0.717, 1.165) is 11.8 Å². The summed E-state index contributed by atoms with van der Waals surface area (Å²) in [4.78, 5) is 32.2. The van der Waals surface area contributed by atoms with Gasteiger partial charge in [0.25, 0.3) is 11.5 Å². The second-order valence-corrected chi connectivity index (χ2v) is 7.94. The molecule has 1 fully saturated rings. The number of hydrogen-bond donors (Lipinski definition) is 0. The van der Waals surface area contributed by atoms with Gasteiger partial charge < -0.3 is 9.47 Å². The number of thiocarbonyl (C=S) groups is 1. The summed E-state index contributed by atoms with van der Waals surface area (Å²) in [5.74, 6) is 1.04. The van der Waals surface area contributed by atoms with Gasteiger partial charge in [0.2, 0.25) is 5.88 Å². The maximum Gasteiger partial charge on any atom is 0.269 e. The van der Waals surface area contributed by atoms with Crippen LogP contribution in [0, 0.1) is 0 Å². The Morgan fingerprint density at radius 3 is 2.53 bits per heavy atom. The molecule has 4 rings (SSSR count). The number of aromatic nitrogens is 2. The highest BCUT2D eigenvalue weighted by Gasteiger charge is 2.31. The molecule has 0 atom stereocenters. The molecule has 3 aromatic rings. The number of ether oxygens (including phenoxy) is 2. The van der Waals surface area contributed by atoms with Gasteiger partial charge >= 0.3 is 0 Å². The Morgan fingerprint density at radius 1 is 1.13 bits per heavy atom. The van der Waals surface area contributed by atoms with Crippen molar-refractivity contribution in [3.05, 3.63) is 69.5 Å². The SMILES string of the molecule is CCN1C(=O)/C(=C/c2c(Oc3ccc(OC)cc3)nc3ccccn3c2=O)SC1=S. The van der Waals surface area contributed by atoms with Crippen LogP contribution in [0.15, 0.2) is 58.4 Å². The molecule has 1 saturated heterocycles. The number of thioether (sulfide) groups is 1. The molecule has 1 aromatic carbocycles. The molecule has 0 bridgehead atoms. The van der Waals surface area contributed by atoms with Gasteiger partial charge in [-0.1, -0.05) is 30.0 Å². The Bertz CT molecular complexity index is 1240. The molecule has 0 radical (unpaired) electrons. The Morgan fingerprint density at radius 2 is 1.87 bits per heavy atom.